The SMILES string of the molecule is Cc1cc(C)cc(CC(=O)N(Cc2c(Cl)cccc2Cl)[C@@H](Cc2ccccc2)C(=O)NC2CCCCC2)c1. The normalized spacial score (nSPS) is 14.6. The quantitative estimate of drug-likeness (QED) is 0.305. The van der Waals surface area contributed by atoms with Crippen molar-refractivity contribution in [2.75, 3.05) is 0 Å². The van der Waals surface area contributed by atoms with Gasteiger partial charge in [-0.05, 0) is 49.9 Å². The van der Waals surface area contributed by atoms with E-state index in [2.05, 4.69) is 11.4 Å². The maximum absolute atomic E-state index is 14.1. The van der Waals surface area contributed by atoms with Crippen LogP contribution in [0.15, 0.2) is 66.7 Å². The molecule has 3 aromatic rings. The average Bonchev–Trinajstić information content (AvgIpc) is 2.88. The summed E-state index contributed by atoms with van der Waals surface area (Å²) in [6.45, 7) is 4.20. The summed E-state index contributed by atoms with van der Waals surface area (Å²) in [6.07, 6.45) is 5.95. The molecule has 0 radical (unpaired) electrons. The number of carbonyl (C=O) groups excluding carboxylic acids is 2. The predicted octanol–water partition coefficient (Wildman–Crippen LogP) is 7.24. The first-order valence-corrected chi connectivity index (χ1v) is 14.2. The summed E-state index contributed by atoms with van der Waals surface area (Å²) in [7, 11) is 0. The number of amides is 2. The topological polar surface area (TPSA) is 49.4 Å². The largest absolute Gasteiger partial charge is 0.352 e. The van der Waals surface area contributed by atoms with Crippen molar-refractivity contribution in [2.45, 2.75) is 77.4 Å². The zero-order valence-corrected chi connectivity index (χ0v) is 23.7. The summed E-state index contributed by atoms with van der Waals surface area (Å²) >= 11 is 13.1. The summed E-state index contributed by atoms with van der Waals surface area (Å²) < 4.78 is 0. The van der Waals surface area contributed by atoms with Crippen molar-refractivity contribution in [2.24, 2.45) is 0 Å². The minimum Gasteiger partial charge on any atom is -0.352 e. The van der Waals surface area contributed by atoms with Gasteiger partial charge in [-0.3, -0.25) is 9.59 Å². The van der Waals surface area contributed by atoms with Crippen LogP contribution in [0.4, 0.5) is 0 Å². The zero-order chi connectivity index (χ0) is 27.1. The van der Waals surface area contributed by atoms with Crippen LogP contribution in [0.25, 0.3) is 0 Å². The Morgan fingerprint density at radius 1 is 0.868 bits per heavy atom. The second kappa shape index (κ2) is 13.3. The van der Waals surface area contributed by atoms with Crippen molar-refractivity contribution >= 4 is 35.0 Å². The van der Waals surface area contributed by atoms with E-state index < -0.39 is 6.04 Å². The fourth-order valence-electron chi connectivity index (χ4n) is 5.40. The molecule has 3 aromatic carbocycles. The van der Waals surface area contributed by atoms with E-state index in [1.807, 2.05) is 56.3 Å². The summed E-state index contributed by atoms with van der Waals surface area (Å²) in [5.74, 6) is -0.261. The van der Waals surface area contributed by atoms with Crippen molar-refractivity contribution in [3.63, 3.8) is 0 Å². The molecule has 1 saturated carbocycles. The maximum atomic E-state index is 14.1. The fraction of sp³-hybridized carbons (Fsp3) is 0.375. The molecule has 200 valence electrons. The van der Waals surface area contributed by atoms with E-state index >= 15 is 0 Å². The lowest BCUT2D eigenvalue weighted by molar-refractivity contribution is -0.141. The first kappa shape index (κ1) is 28.2. The lowest BCUT2D eigenvalue weighted by atomic mass is 9.94. The van der Waals surface area contributed by atoms with E-state index in [-0.39, 0.29) is 30.8 Å². The number of hydrogen-bond donors (Lipinski definition) is 1. The van der Waals surface area contributed by atoms with Crippen LogP contribution in [-0.2, 0) is 29.0 Å². The van der Waals surface area contributed by atoms with Gasteiger partial charge in [-0.15, -0.1) is 0 Å². The molecule has 1 aliphatic rings. The molecule has 0 unspecified atom stereocenters. The summed E-state index contributed by atoms with van der Waals surface area (Å²) in [6, 6.07) is 20.8. The van der Waals surface area contributed by atoms with Gasteiger partial charge in [0, 0.05) is 34.6 Å². The number of benzene rings is 3. The molecular weight excluding hydrogens is 515 g/mol. The highest BCUT2D eigenvalue weighted by Crippen LogP contribution is 2.28. The third-order valence-electron chi connectivity index (χ3n) is 7.25. The van der Waals surface area contributed by atoms with E-state index in [1.54, 1.807) is 23.1 Å². The number of carbonyl (C=O) groups is 2. The molecule has 2 amide bonds. The van der Waals surface area contributed by atoms with Crippen LogP contribution >= 0.6 is 23.2 Å². The molecule has 1 aliphatic carbocycles. The van der Waals surface area contributed by atoms with Gasteiger partial charge in [-0.25, -0.2) is 0 Å². The number of aryl methyl sites for hydroxylation is 2. The lowest BCUT2D eigenvalue weighted by Crippen LogP contribution is -2.53. The van der Waals surface area contributed by atoms with E-state index in [1.165, 1.54) is 6.42 Å². The Balaban J connectivity index is 1.71. The Hall–Kier alpha value is -2.82. The molecule has 1 fully saturated rings. The third-order valence-corrected chi connectivity index (χ3v) is 7.96. The number of nitrogens with one attached hydrogen (secondary N) is 1. The van der Waals surface area contributed by atoms with Gasteiger partial charge in [0.15, 0.2) is 0 Å². The molecular formula is C32H36Cl2N2O2. The first-order chi connectivity index (χ1) is 18.3. The van der Waals surface area contributed by atoms with Crippen LogP contribution in [-0.4, -0.2) is 28.8 Å². The molecule has 0 saturated heterocycles. The summed E-state index contributed by atoms with van der Waals surface area (Å²) in [5, 5.41) is 4.23. The highest BCUT2D eigenvalue weighted by Gasteiger charge is 2.32. The van der Waals surface area contributed by atoms with E-state index in [9.17, 15) is 9.59 Å². The maximum Gasteiger partial charge on any atom is 0.243 e. The summed E-state index contributed by atoms with van der Waals surface area (Å²) in [5.41, 5.74) is 4.77. The van der Waals surface area contributed by atoms with Gasteiger partial charge in [0.2, 0.25) is 11.8 Å². The van der Waals surface area contributed by atoms with Gasteiger partial charge >= 0.3 is 0 Å². The van der Waals surface area contributed by atoms with Gasteiger partial charge in [0.1, 0.15) is 6.04 Å². The minimum atomic E-state index is -0.704. The minimum absolute atomic E-state index is 0.127. The highest BCUT2D eigenvalue weighted by atomic mass is 35.5. The molecule has 1 N–H and O–H groups in total. The van der Waals surface area contributed by atoms with Crippen LogP contribution in [0, 0.1) is 13.8 Å². The van der Waals surface area contributed by atoms with Gasteiger partial charge in [-0.1, -0.05) is 108 Å². The van der Waals surface area contributed by atoms with Crippen molar-refractivity contribution in [3.05, 3.63) is 105 Å². The number of halogens is 2. The lowest BCUT2D eigenvalue weighted by Gasteiger charge is -2.34. The number of rotatable bonds is 9. The zero-order valence-electron chi connectivity index (χ0n) is 22.2. The molecule has 0 spiro atoms. The van der Waals surface area contributed by atoms with Gasteiger partial charge in [0.05, 0.1) is 6.42 Å². The van der Waals surface area contributed by atoms with Gasteiger partial charge in [0.25, 0.3) is 0 Å². The standard InChI is InChI=1S/C32H36Cl2N2O2/c1-22-16-23(2)18-25(17-22)20-31(37)36(21-27-28(33)14-9-15-29(27)34)30(19-24-10-5-3-6-11-24)32(38)35-26-12-7-4-8-13-26/h3,5-6,9-11,14-18,26,30H,4,7-8,12-13,19-21H2,1-2H3,(H,35,38)/t30-/m0/s1. The van der Waals surface area contributed by atoms with Crippen LogP contribution < -0.4 is 5.32 Å². The molecule has 4 nitrogen and oxygen atoms in total. The van der Waals surface area contributed by atoms with Crippen molar-refractivity contribution in [1.82, 2.24) is 10.2 Å². The Labute approximate surface area is 236 Å². The highest BCUT2D eigenvalue weighted by molar-refractivity contribution is 6.36. The molecule has 1 atom stereocenters. The Morgan fingerprint density at radius 3 is 2.13 bits per heavy atom. The van der Waals surface area contributed by atoms with E-state index in [0.29, 0.717) is 22.0 Å². The third kappa shape index (κ3) is 7.61. The molecule has 0 bridgehead atoms. The second-order valence-electron chi connectivity index (χ2n) is 10.4. The predicted molar refractivity (Wildman–Crippen MR) is 156 cm³/mol. The Morgan fingerprint density at radius 2 is 1.50 bits per heavy atom. The second-order valence-corrected chi connectivity index (χ2v) is 11.3. The smallest absolute Gasteiger partial charge is 0.243 e. The molecule has 0 heterocycles. The Bertz CT molecular complexity index is 1220. The van der Waals surface area contributed by atoms with Crippen LogP contribution in [0.2, 0.25) is 10.0 Å². The molecule has 6 heteroatoms. The van der Waals surface area contributed by atoms with Crippen molar-refractivity contribution in [3.8, 4) is 0 Å². The van der Waals surface area contributed by atoms with E-state index in [4.69, 9.17) is 23.2 Å². The Kier molecular flexibility index (Phi) is 9.87. The van der Waals surface area contributed by atoms with Crippen LogP contribution in [0.5, 0.6) is 0 Å². The van der Waals surface area contributed by atoms with Crippen molar-refractivity contribution in [1.29, 1.82) is 0 Å². The number of hydrogen-bond acceptors (Lipinski definition) is 2. The van der Waals surface area contributed by atoms with Crippen molar-refractivity contribution < 1.29 is 9.59 Å². The molecule has 4 rings (SSSR count). The number of nitrogens with zero attached hydrogens (tertiary/aromatic N) is 1. The monoisotopic (exact) mass is 550 g/mol. The van der Waals surface area contributed by atoms with Crippen LogP contribution in [0.1, 0.15) is 59.9 Å². The van der Waals surface area contributed by atoms with Crippen LogP contribution in [0.3, 0.4) is 0 Å². The first-order valence-electron chi connectivity index (χ1n) is 13.4. The fourth-order valence-corrected chi connectivity index (χ4v) is 5.92. The molecule has 0 aliphatic heterocycles. The molecule has 0 aromatic heterocycles. The average molecular weight is 552 g/mol. The summed E-state index contributed by atoms with van der Waals surface area (Å²) in [4.78, 5) is 29.6. The van der Waals surface area contributed by atoms with Gasteiger partial charge < -0.3 is 10.2 Å². The van der Waals surface area contributed by atoms with Gasteiger partial charge in [-0.2, -0.15) is 0 Å². The van der Waals surface area contributed by atoms with E-state index in [0.717, 1.165) is 47.9 Å². The molecule has 38 heavy (non-hydrogen) atoms.